The second kappa shape index (κ2) is 6.65. The zero-order valence-corrected chi connectivity index (χ0v) is 11.4. The summed E-state index contributed by atoms with van der Waals surface area (Å²) in [4.78, 5) is 16.1. The van der Waals surface area contributed by atoms with E-state index >= 15 is 0 Å². The van der Waals surface area contributed by atoms with E-state index in [2.05, 4.69) is 15.5 Å². The van der Waals surface area contributed by atoms with Gasteiger partial charge in [-0.1, -0.05) is 5.16 Å². The van der Waals surface area contributed by atoms with E-state index in [4.69, 9.17) is 10.3 Å². The lowest BCUT2D eigenvalue weighted by atomic mass is 9.81. The van der Waals surface area contributed by atoms with Gasteiger partial charge < -0.3 is 15.6 Å². The van der Waals surface area contributed by atoms with Gasteiger partial charge in [0.15, 0.2) is 5.82 Å². The van der Waals surface area contributed by atoms with Crippen LogP contribution in [0.4, 0.5) is 0 Å². The van der Waals surface area contributed by atoms with Crippen LogP contribution in [0.3, 0.4) is 0 Å². The number of rotatable bonds is 5. The third-order valence-electron chi connectivity index (χ3n) is 3.76. The topological polar surface area (TPSA) is 94.0 Å². The standard InChI is InChI=1S/C13H22N4O2/c1-9-16-12(19-17-9)6-7-15-13(18)11-4-2-10(8-14)3-5-11/h10-11H,2-8,14H2,1H3,(H,15,18). The number of aromatic nitrogens is 2. The molecule has 1 amide bonds. The third-order valence-corrected chi connectivity index (χ3v) is 3.76. The number of hydrogen-bond acceptors (Lipinski definition) is 5. The minimum absolute atomic E-state index is 0.145. The van der Waals surface area contributed by atoms with E-state index in [1.54, 1.807) is 6.92 Å². The summed E-state index contributed by atoms with van der Waals surface area (Å²) in [6, 6.07) is 0. The SMILES string of the molecule is Cc1noc(CCNC(=O)C2CCC(CN)CC2)n1. The molecule has 0 atom stereocenters. The van der Waals surface area contributed by atoms with Crippen molar-refractivity contribution in [1.82, 2.24) is 15.5 Å². The van der Waals surface area contributed by atoms with Crippen molar-refractivity contribution in [1.29, 1.82) is 0 Å². The fourth-order valence-corrected chi connectivity index (χ4v) is 2.54. The fraction of sp³-hybridized carbons (Fsp3) is 0.769. The highest BCUT2D eigenvalue weighted by Crippen LogP contribution is 2.28. The first-order valence-corrected chi connectivity index (χ1v) is 6.96. The molecule has 6 heteroatoms. The van der Waals surface area contributed by atoms with Crippen molar-refractivity contribution in [2.24, 2.45) is 17.6 Å². The maximum absolute atomic E-state index is 12.0. The van der Waals surface area contributed by atoms with Crippen LogP contribution < -0.4 is 11.1 Å². The van der Waals surface area contributed by atoms with Crippen molar-refractivity contribution in [3.63, 3.8) is 0 Å². The molecule has 0 radical (unpaired) electrons. The Labute approximate surface area is 113 Å². The first-order chi connectivity index (χ1) is 9.19. The monoisotopic (exact) mass is 266 g/mol. The first kappa shape index (κ1) is 14.0. The van der Waals surface area contributed by atoms with Crippen LogP contribution in [-0.2, 0) is 11.2 Å². The van der Waals surface area contributed by atoms with E-state index in [0.717, 1.165) is 32.2 Å². The van der Waals surface area contributed by atoms with Crippen LogP contribution in [0.25, 0.3) is 0 Å². The fourth-order valence-electron chi connectivity index (χ4n) is 2.54. The Bertz CT molecular complexity index is 411. The molecule has 106 valence electrons. The molecular weight excluding hydrogens is 244 g/mol. The highest BCUT2D eigenvalue weighted by atomic mass is 16.5. The number of carbonyl (C=O) groups is 1. The molecule has 0 aliphatic heterocycles. The third kappa shape index (κ3) is 4.02. The van der Waals surface area contributed by atoms with Crippen LogP contribution in [0, 0.1) is 18.8 Å². The lowest BCUT2D eigenvalue weighted by Crippen LogP contribution is -2.35. The minimum atomic E-state index is 0.145. The summed E-state index contributed by atoms with van der Waals surface area (Å²) in [5.74, 6) is 2.09. The van der Waals surface area contributed by atoms with Gasteiger partial charge in [-0.2, -0.15) is 4.98 Å². The van der Waals surface area contributed by atoms with Gasteiger partial charge in [0.2, 0.25) is 11.8 Å². The molecule has 0 aromatic carbocycles. The Balaban J connectivity index is 1.67. The summed E-state index contributed by atoms with van der Waals surface area (Å²) in [5.41, 5.74) is 5.65. The van der Waals surface area contributed by atoms with Crippen molar-refractivity contribution in [3.8, 4) is 0 Å². The molecule has 3 N–H and O–H groups in total. The van der Waals surface area contributed by atoms with Crippen molar-refractivity contribution in [2.75, 3.05) is 13.1 Å². The van der Waals surface area contributed by atoms with Crippen molar-refractivity contribution in [2.45, 2.75) is 39.0 Å². The van der Waals surface area contributed by atoms with E-state index in [0.29, 0.717) is 30.6 Å². The van der Waals surface area contributed by atoms with E-state index in [1.807, 2.05) is 0 Å². The second-order valence-electron chi connectivity index (χ2n) is 5.23. The summed E-state index contributed by atoms with van der Waals surface area (Å²) < 4.78 is 4.99. The Morgan fingerprint density at radius 3 is 2.74 bits per heavy atom. The molecule has 1 saturated carbocycles. The summed E-state index contributed by atoms with van der Waals surface area (Å²) in [5, 5.41) is 6.66. The molecule has 1 heterocycles. The molecule has 19 heavy (non-hydrogen) atoms. The molecule has 6 nitrogen and oxygen atoms in total. The lowest BCUT2D eigenvalue weighted by Gasteiger charge is -2.26. The molecule has 0 spiro atoms. The lowest BCUT2D eigenvalue weighted by molar-refractivity contribution is -0.126. The highest BCUT2D eigenvalue weighted by Gasteiger charge is 2.25. The summed E-state index contributed by atoms with van der Waals surface area (Å²) >= 11 is 0. The second-order valence-corrected chi connectivity index (χ2v) is 5.23. The van der Waals surface area contributed by atoms with E-state index in [1.165, 1.54) is 0 Å². The van der Waals surface area contributed by atoms with Gasteiger partial charge in [0.25, 0.3) is 0 Å². The van der Waals surface area contributed by atoms with E-state index in [-0.39, 0.29) is 11.8 Å². The number of amides is 1. The molecule has 1 aromatic rings. The Hall–Kier alpha value is -1.43. The van der Waals surface area contributed by atoms with Crippen LogP contribution >= 0.6 is 0 Å². The number of carbonyl (C=O) groups excluding carboxylic acids is 1. The van der Waals surface area contributed by atoms with Gasteiger partial charge in [0.05, 0.1) is 0 Å². The van der Waals surface area contributed by atoms with Gasteiger partial charge >= 0.3 is 0 Å². The maximum atomic E-state index is 12.0. The predicted molar refractivity (Wildman–Crippen MR) is 70.3 cm³/mol. The number of aryl methyl sites for hydroxylation is 1. The van der Waals surface area contributed by atoms with E-state index in [9.17, 15) is 4.79 Å². The number of nitrogens with two attached hydrogens (primary N) is 1. The zero-order chi connectivity index (χ0) is 13.7. The van der Waals surface area contributed by atoms with Gasteiger partial charge in [-0.25, -0.2) is 0 Å². The Kier molecular flexibility index (Phi) is 4.90. The smallest absolute Gasteiger partial charge is 0.228 e. The van der Waals surface area contributed by atoms with Crippen molar-refractivity contribution >= 4 is 5.91 Å². The van der Waals surface area contributed by atoms with Gasteiger partial charge in [0, 0.05) is 18.9 Å². The molecule has 0 saturated heterocycles. The molecule has 1 aliphatic carbocycles. The minimum Gasteiger partial charge on any atom is -0.355 e. The molecule has 0 bridgehead atoms. The Morgan fingerprint density at radius 1 is 1.42 bits per heavy atom. The number of nitrogens with one attached hydrogen (secondary N) is 1. The molecule has 1 aromatic heterocycles. The first-order valence-electron chi connectivity index (χ1n) is 6.96. The molecule has 0 unspecified atom stereocenters. The number of nitrogens with zero attached hydrogens (tertiary/aromatic N) is 2. The molecule has 2 rings (SSSR count). The number of hydrogen-bond donors (Lipinski definition) is 2. The molecule has 1 aliphatic rings. The highest BCUT2D eigenvalue weighted by molar-refractivity contribution is 5.78. The zero-order valence-electron chi connectivity index (χ0n) is 11.4. The summed E-state index contributed by atoms with van der Waals surface area (Å²) in [7, 11) is 0. The quantitative estimate of drug-likeness (QED) is 0.822. The van der Waals surface area contributed by atoms with Crippen LogP contribution in [-0.4, -0.2) is 29.1 Å². The van der Waals surface area contributed by atoms with Gasteiger partial charge in [0.1, 0.15) is 0 Å². The van der Waals surface area contributed by atoms with Crippen molar-refractivity contribution < 1.29 is 9.32 Å². The van der Waals surface area contributed by atoms with Gasteiger partial charge in [-0.05, 0) is 45.1 Å². The van der Waals surface area contributed by atoms with Crippen LogP contribution in [0.15, 0.2) is 4.52 Å². The van der Waals surface area contributed by atoms with Crippen LogP contribution in [0.2, 0.25) is 0 Å². The van der Waals surface area contributed by atoms with Gasteiger partial charge in [-0.15, -0.1) is 0 Å². The summed E-state index contributed by atoms with van der Waals surface area (Å²) in [6.45, 7) is 3.07. The maximum Gasteiger partial charge on any atom is 0.228 e. The summed E-state index contributed by atoms with van der Waals surface area (Å²) in [6.07, 6.45) is 4.63. The van der Waals surface area contributed by atoms with E-state index < -0.39 is 0 Å². The van der Waals surface area contributed by atoms with Crippen molar-refractivity contribution in [3.05, 3.63) is 11.7 Å². The van der Waals surface area contributed by atoms with Crippen LogP contribution in [0.5, 0.6) is 0 Å². The van der Waals surface area contributed by atoms with Crippen LogP contribution in [0.1, 0.15) is 37.4 Å². The molecule has 1 fully saturated rings. The normalized spacial score (nSPS) is 23.3. The largest absolute Gasteiger partial charge is 0.355 e. The average Bonchev–Trinajstić information content (AvgIpc) is 2.84. The van der Waals surface area contributed by atoms with Gasteiger partial charge in [-0.3, -0.25) is 4.79 Å². The predicted octanol–water partition coefficient (Wildman–Crippen LogP) is 0.802. The average molecular weight is 266 g/mol. The Morgan fingerprint density at radius 2 is 2.16 bits per heavy atom. The molecular formula is C13H22N4O2.